The van der Waals surface area contributed by atoms with Crippen LogP contribution < -0.4 is 30.0 Å². The molecule has 1 aromatic heterocycles. The SMILES string of the molecule is COc1ccc(CCNC(=O)c2ccc(N3C[C@H]4C[C@@H](C3)c3cccc(=O)n3C4)c(NS(=O)(=O)c3ccc(F)cc3)c2)cc1OC. The molecule has 2 bridgehead atoms. The minimum atomic E-state index is -4.11. The van der Waals surface area contributed by atoms with Gasteiger partial charge in [0.15, 0.2) is 11.5 Å². The predicted octanol–water partition coefficient (Wildman–Crippen LogP) is 4.40. The van der Waals surface area contributed by atoms with Crippen LogP contribution in [0.4, 0.5) is 15.8 Å². The largest absolute Gasteiger partial charge is 0.493 e. The first kappa shape index (κ1) is 31.2. The Balaban J connectivity index is 1.26. The van der Waals surface area contributed by atoms with Crippen LogP contribution in [0.1, 0.15) is 34.0 Å². The third-order valence-corrected chi connectivity index (χ3v) is 9.98. The number of carbonyl (C=O) groups is 1. The van der Waals surface area contributed by atoms with Gasteiger partial charge in [-0.15, -0.1) is 0 Å². The summed E-state index contributed by atoms with van der Waals surface area (Å²) in [7, 11) is -0.989. The molecule has 46 heavy (non-hydrogen) atoms. The molecule has 0 aliphatic carbocycles. The Morgan fingerprint density at radius 1 is 0.935 bits per heavy atom. The lowest BCUT2D eigenvalue weighted by Crippen LogP contribution is -2.47. The van der Waals surface area contributed by atoms with Crippen molar-refractivity contribution in [1.29, 1.82) is 0 Å². The standard InChI is InChI=1S/C34H35FN4O6S/c1-44-31-13-6-22(17-32(31)45-2)14-15-36-34(41)24-7-12-30(28(18-24)37-46(42,43)27-10-8-26(35)9-11-27)38-19-23-16-25(21-38)29-4-3-5-33(40)39(29)20-23/h3-13,17-18,23,25,37H,14-16,19-21H2,1-2H3,(H,36,41)/t23-,25+/m1/s1. The van der Waals surface area contributed by atoms with Crippen molar-refractivity contribution in [3.8, 4) is 11.5 Å². The van der Waals surface area contributed by atoms with E-state index >= 15 is 0 Å². The molecular weight excluding hydrogens is 611 g/mol. The maximum atomic E-state index is 13.6. The van der Waals surface area contributed by atoms with Crippen molar-refractivity contribution in [3.63, 3.8) is 0 Å². The van der Waals surface area contributed by atoms with Gasteiger partial charge in [0.05, 0.1) is 30.5 Å². The summed E-state index contributed by atoms with van der Waals surface area (Å²) in [5, 5.41) is 2.91. The third-order valence-electron chi connectivity index (χ3n) is 8.59. The molecule has 3 aromatic carbocycles. The smallest absolute Gasteiger partial charge is 0.261 e. The highest BCUT2D eigenvalue weighted by molar-refractivity contribution is 7.92. The van der Waals surface area contributed by atoms with E-state index in [1.807, 2.05) is 22.8 Å². The van der Waals surface area contributed by atoms with Crippen molar-refractivity contribution in [2.24, 2.45) is 5.92 Å². The highest BCUT2D eigenvalue weighted by Gasteiger charge is 2.35. The second kappa shape index (κ2) is 12.9. The van der Waals surface area contributed by atoms with Gasteiger partial charge < -0.3 is 24.3 Å². The summed E-state index contributed by atoms with van der Waals surface area (Å²) in [6.45, 7) is 2.10. The van der Waals surface area contributed by atoms with E-state index in [0.717, 1.165) is 29.8 Å². The van der Waals surface area contributed by atoms with Gasteiger partial charge in [0.1, 0.15) is 5.82 Å². The number of ether oxygens (including phenoxy) is 2. The highest BCUT2D eigenvalue weighted by atomic mass is 32.2. The Kier molecular flexibility index (Phi) is 8.72. The number of amides is 1. The van der Waals surface area contributed by atoms with Gasteiger partial charge >= 0.3 is 0 Å². The molecular formula is C34H35FN4O6S. The average Bonchev–Trinajstić information content (AvgIpc) is 3.05. The summed E-state index contributed by atoms with van der Waals surface area (Å²) in [6.07, 6.45) is 1.46. The van der Waals surface area contributed by atoms with E-state index in [0.29, 0.717) is 49.8 Å². The molecule has 1 fully saturated rings. The quantitative estimate of drug-likeness (QED) is 0.262. The molecule has 4 aromatic rings. The topological polar surface area (TPSA) is 119 Å². The number of aromatic nitrogens is 1. The molecule has 12 heteroatoms. The number of methoxy groups -OCH3 is 2. The maximum Gasteiger partial charge on any atom is 0.261 e. The Morgan fingerprint density at radius 2 is 1.72 bits per heavy atom. The van der Waals surface area contributed by atoms with Crippen molar-refractivity contribution in [2.45, 2.75) is 30.2 Å². The van der Waals surface area contributed by atoms with E-state index in [9.17, 15) is 22.4 Å². The summed E-state index contributed by atoms with van der Waals surface area (Å²) in [5.74, 6) is 0.567. The highest BCUT2D eigenvalue weighted by Crippen LogP contribution is 2.40. The first-order valence-corrected chi connectivity index (χ1v) is 16.5. The Morgan fingerprint density at radius 3 is 2.48 bits per heavy atom. The van der Waals surface area contributed by atoms with Crippen LogP contribution in [0.5, 0.6) is 11.5 Å². The number of sulfonamides is 1. The summed E-state index contributed by atoms with van der Waals surface area (Å²) in [4.78, 5) is 27.8. The Labute approximate surface area is 266 Å². The molecule has 3 heterocycles. The molecule has 0 spiro atoms. The lowest BCUT2D eigenvalue weighted by molar-refractivity contribution is 0.0954. The molecule has 2 aliphatic rings. The van der Waals surface area contributed by atoms with Gasteiger partial charge in [0, 0.05) is 49.4 Å². The Bertz CT molecular complexity index is 1930. The number of hydrogen-bond acceptors (Lipinski definition) is 7. The number of carbonyl (C=O) groups excluding carboxylic acids is 1. The molecule has 2 aliphatic heterocycles. The average molecular weight is 647 g/mol. The summed E-state index contributed by atoms with van der Waals surface area (Å²) < 4.78 is 55.6. The molecule has 240 valence electrons. The van der Waals surface area contributed by atoms with Gasteiger partial charge in [0.25, 0.3) is 21.5 Å². The number of anilines is 2. The van der Waals surface area contributed by atoms with Gasteiger partial charge in [-0.2, -0.15) is 0 Å². The second-order valence-electron chi connectivity index (χ2n) is 11.6. The molecule has 2 atom stereocenters. The molecule has 0 saturated carbocycles. The van der Waals surface area contributed by atoms with Gasteiger partial charge in [-0.3, -0.25) is 14.3 Å². The van der Waals surface area contributed by atoms with E-state index in [-0.39, 0.29) is 39.4 Å². The third kappa shape index (κ3) is 6.43. The number of nitrogens with one attached hydrogen (secondary N) is 2. The van der Waals surface area contributed by atoms with Crippen molar-refractivity contribution in [1.82, 2.24) is 9.88 Å². The van der Waals surface area contributed by atoms with Gasteiger partial charge in [0.2, 0.25) is 0 Å². The molecule has 10 nitrogen and oxygen atoms in total. The minimum Gasteiger partial charge on any atom is -0.493 e. The molecule has 6 rings (SSSR count). The van der Waals surface area contributed by atoms with Crippen LogP contribution in [0.2, 0.25) is 0 Å². The van der Waals surface area contributed by atoms with Crippen molar-refractivity contribution >= 4 is 27.3 Å². The summed E-state index contributed by atoms with van der Waals surface area (Å²) >= 11 is 0. The van der Waals surface area contributed by atoms with Crippen LogP contribution in [0.3, 0.4) is 0 Å². The molecule has 1 saturated heterocycles. The van der Waals surface area contributed by atoms with Crippen LogP contribution >= 0.6 is 0 Å². The molecule has 0 radical (unpaired) electrons. The van der Waals surface area contributed by atoms with Gasteiger partial charge in [-0.25, -0.2) is 12.8 Å². The second-order valence-corrected chi connectivity index (χ2v) is 13.3. The molecule has 2 N–H and O–H groups in total. The zero-order chi connectivity index (χ0) is 32.4. The number of piperidine rings is 1. The van der Waals surface area contributed by atoms with E-state index in [1.54, 1.807) is 44.6 Å². The first-order chi connectivity index (χ1) is 22.1. The van der Waals surface area contributed by atoms with Crippen LogP contribution in [0.25, 0.3) is 0 Å². The monoisotopic (exact) mass is 646 g/mol. The van der Waals surface area contributed by atoms with Crippen LogP contribution in [0, 0.1) is 11.7 Å². The number of pyridine rings is 1. The fourth-order valence-electron chi connectivity index (χ4n) is 6.40. The van der Waals surface area contributed by atoms with E-state index in [1.165, 1.54) is 18.2 Å². The van der Waals surface area contributed by atoms with Crippen molar-refractivity contribution in [3.05, 3.63) is 112 Å². The normalized spacial score (nSPS) is 17.2. The van der Waals surface area contributed by atoms with Crippen LogP contribution in [-0.4, -0.2) is 52.7 Å². The number of nitrogens with zero attached hydrogens (tertiary/aromatic N) is 2. The van der Waals surface area contributed by atoms with Gasteiger partial charge in [-0.1, -0.05) is 12.1 Å². The van der Waals surface area contributed by atoms with Gasteiger partial charge in [-0.05, 0) is 85.0 Å². The number of rotatable bonds is 10. The fourth-order valence-corrected chi connectivity index (χ4v) is 7.47. The summed E-state index contributed by atoms with van der Waals surface area (Å²) in [6, 6.07) is 20.4. The molecule has 1 amide bonds. The Hall–Kier alpha value is -4.84. The van der Waals surface area contributed by atoms with Crippen LogP contribution in [0.15, 0.2) is 88.6 Å². The minimum absolute atomic E-state index is 0.0186. The lowest BCUT2D eigenvalue weighted by atomic mass is 9.83. The van der Waals surface area contributed by atoms with Crippen LogP contribution in [-0.2, 0) is 23.0 Å². The van der Waals surface area contributed by atoms with E-state index < -0.39 is 15.8 Å². The zero-order valence-electron chi connectivity index (χ0n) is 25.5. The lowest BCUT2D eigenvalue weighted by Gasteiger charge is -2.44. The van der Waals surface area contributed by atoms with E-state index in [2.05, 4.69) is 14.9 Å². The number of fused-ring (bicyclic) bond motifs is 4. The number of hydrogen-bond donors (Lipinski definition) is 2. The number of halogens is 1. The maximum absolute atomic E-state index is 13.6. The predicted molar refractivity (Wildman–Crippen MR) is 173 cm³/mol. The molecule has 0 unspecified atom stereocenters. The number of benzene rings is 3. The van der Waals surface area contributed by atoms with E-state index in [4.69, 9.17) is 9.47 Å². The fraction of sp³-hybridized carbons (Fsp3) is 0.294. The zero-order valence-corrected chi connectivity index (χ0v) is 26.3. The first-order valence-electron chi connectivity index (χ1n) is 15.0. The van der Waals surface area contributed by atoms with Crippen molar-refractivity contribution < 1.29 is 27.1 Å². The summed E-state index contributed by atoms with van der Waals surface area (Å²) in [5.41, 5.74) is 3.03. The van der Waals surface area contributed by atoms with Crippen molar-refractivity contribution in [2.75, 3.05) is 43.5 Å².